The van der Waals surface area contributed by atoms with Crippen LogP contribution in [0.5, 0.6) is 0 Å². The Morgan fingerprint density at radius 1 is 1.05 bits per heavy atom. The molecule has 2 aromatic carbocycles. The molecule has 1 heterocycles. The molecule has 1 aromatic heterocycles. The number of primary sulfonamides is 1. The molecule has 3 rings (SSSR count). The molecular formula is C15H11ClN3O2S. The quantitative estimate of drug-likeness (QED) is 0.800. The molecule has 7 heteroatoms. The summed E-state index contributed by atoms with van der Waals surface area (Å²) in [5.74, 6) is 0. The Kier molecular flexibility index (Phi) is 3.74. The molecule has 0 aliphatic rings. The second kappa shape index (κ2) is 5.57. The summed E-state index contributed by atoms with van der Waals surface area (Å²) < 4.78 is 24.2. The van der Waals surface area contributed by atoms with Crippen LogP contribution in [0.3, 0.4) is 0 Å². The summed E-state index contributed by atoms with van der Waals surface area (Å²) in [6, 6.07) is 15.2. The van der Waals surface area contributed by atoms with Crippen molar-refractivity contribution in [1.29, 1.82) is 0 Å². The van der Waals surface area contributed by atoms with Gasteiger partial charge >= 0.3 is 0 Å². The predicted octanol–water partition coefficient (Wildman–Crippen LogP) is 2.64. The molecule has 0 aliphatic heterocycles. The third-order valence-electron chi connectivity index (χ3n) is 3.14. The predicted molar refractivity (Wildman–Crippen MR) is 84.2 cm³/mol. The number of hydrogen-bond donors (Lipinski definition) is 1. The molecule has 0 fully saturated rings. The van der Waals surface area contributed by atoms with Gasteiger partial charge < -0.3 is 0 Å². The van der Waals surface area contributed by atoms with Gasteiger partial charge in [0.15, 0.2) is 0 Å². The van der Waals surface area contributed by atoms with E-state index in [1.165, 1.54) is 12.1 Å². The van der Waals surface area contributed by atoms with Gasteiger partial charge in [0.2, 0.25) is 10.0 Å². The molecule has 1 radical (unpaired) electrons. The van der Waals surface area contributed by atoms with E-state index in [1.807, 2.05) is 12.1 Å². The number of benzene rings is 2. The number of nitrogens with zero attached hydrogens (tertiary/aromatic N) is 2. The van der Waals surface area contributed by atoms with Gasteiger partial charge in [-0.1, -0.05) is 23.7 Å². The first-order valence-corrected chi connectivity index (χ1v) is 8.23. The number of halogens is 1. The summed E-state index contributed by atoms with van der Waals surface area (Å²) in [5.41, 5.74) is 2.45. The second-order valence-electron chi connectivity index (χ2n) is 4.62. The van der Waals surface area contributed by atoms with Crippen molar-refractivity contribution in [2.24, 2.45) is 5.14 Å². The van der Waals surface area contributed by atoms with E-state index < -0.39 is 10.0 Å². The average molecular weight is 333 g/mol. The van der Waals surface area contributed by atoms with Gasteiger partial charge in [0.05, 0.1) is 16.3 Å². The SMILES string of the molecule is NS(=O)(=O)c1ccc(-n2n[c]cc2-c2ccc(Cl)cc2)cc1. The van der Waals surface area contributed by atoms with Gasteiger partial charge in [-0.2, -0.15) is 5.10 Å². The van der Waals surface area contributed by atoms with E-state index in [-0.39, 0.29) is 4.90 Å². The van der Waals surface area contributed by atoms with E-state index in [4.69, 9.17) is 16.7 Å². The first-order valence-electron chi connectivity index (χ1n) is 6.30. The molecule has 2 N–H and O–H groups in total. The summed E-state index contributed by atoms with van der Waals surface area (Å²) in [6.45, 7) is 0. The molecule has 0 amide bonds. The standard InChI is InChI=1S/C15H11ClN3O2S/c16-12-3-1-11(2-4-12)15-9-10-18-19(15)13-5-7-14(8-6-13)22(17,20)21/h1-9H,(H2,17,20,21). The molecule has 0 bridgehead atoms. The van der Waals surface area contributed by atoms with E-state index in [0.29, 0.717) is 10.7 Å². The monoisotopic (exact) mass is 332 g/mol. The molecule has 0 spiro atoms. The molecule has 0 aliphatic carbocycles. The number of rotatable bonds is 3. The van der Waals surface area contributed by atoms with Crippen molar-refractivity contribution < 1.29 is 8.42 Å². The van der Waals surface area contributed by atoms with Gasteiger partial charge in [-0.25, -0.2) is 18.2 Å². The van der Waals surface area contributed by atoms with Crippen molar-refractivity contribution in [1.82, 2.24) is 9.78 Å². The van der Waals surface area contributed by atoms with Crippen LogP contribution in [0.15, 0.2) is 59.5 Å². The van der Waals surface area contributed by atoms with E-state index in [0.717, 1.165) is 11.3 Å². The summed E-state index contributed by atoms with van der Waals surface area (Å²) in [4.78, 5) is 0.0560. The highest BCUT2D eigenvalue weighted by molar-refractivity contribution is 7.89. The number of nitrogens with two attached hydrogens (primary N) is 1. The Morgan fingerprint density at radius 3 is 2.27 bits per heavy atom. The maximum absolute atomic E-state index is 11.3. The molecule has 3 aromatic rings. The maximum atomic E-state index is 11.3. The van der Waals surface area contributed by atoms with Crippen molar-refractivity contribution in [3.63, 3.8) is 0 Å². The minimum atomic E-state index is -3.71. The minimum absolute atomic E-state index is 0.0560. The number of aromatic nitrogens is 2. The first-order chi connectivity index (χ1) is 10.4. The first kappa shape index (κ1) is 14.8. The molecular weight excluding hydrogens is 322 g/mol. The van der Waals surface area contributed by atoms with Crippen LogP contribution in [-0.2, 0) is 10.0 Å². The largest absolute Gasteiger partial charge is 0.238 e. The highest BCUT2D eigenvalue weighted by Crippen LogP contribution is 2.24. The van der Waals surface area contributed by atoms with Gasteiger partial charge in [-0.15, -0.1) is 0 Å². The van der Waals surface area contributed by atoms with E-state index in [2.05, 4.69) is 11.3 Å². The van der Waals surface area contributed by atoms with E-state index >= 15 is 0 Å². The zero-order chi connectivity index (χ0) is 15.7. The second-order valence-corrected chi connectivity index (χ2v) is 6.61. The molecule has 5 nitrogen and oxygen atoms in total. The highest BCUT2D eigenvalue weighted by Gasteiger charge is 2.10. The molecule has 22 heavy (non-hydrogen) atoms. The van der Waals surface area contributed by atoms with Crippen molar-refractivity contribution in [2.75, 3.05) is 0 Å². The molecule has 0 unspecified atom stereocenters. The van der Waals surface area contributed by atoms with Crippen LogP contribution in [0.25, 0.3) is 16.9 Å². The lowest BCUT2D eigenvalue weighted by molar-refractivity contribution is 0.598. The highest BCUT2D eigenvalue weighted by atomic mass is 35.5. The third-order valence-corrected chi connectivity index (χ3v) is 4.32. The lowest BCUT2D eigenvalue weighted by Gasteiger charge is -2.08. The zero-order valence-corrected chi connectivity index (χ0v) is 12.8. The fourth-order valence-electron chi connectivity index (χ4n) is 2.06. The lowest BCUT2D eigenvalue weighted by atomic mass is 10.1. The van der Waals surface area contributed by atoms with Gasteiger partial charge in [0.1, 0.15) is 6.20 Å². The summed E-state index contributed by atoms with van der Waals surface area (Å²) in [5, 5.41) is 9.90. The molecule has 111 valence electrons. The van der Waals surface area contributed by atoms with Crippen LogP contribution < -0.4 is 5.14 Å². The topological polar surface area (TPSA) is 78.0 Å². The van der Waals surface area contributed by atoms with E-state index in [9.17, 15) is 8.42 Å². The summed E-state index contributed by atoms with van der Waals surface area (Å²) in [6.07, 6.45) is 2.79. The van der Waals surface area contributed by atoms with E-state index in [1.54, 1.807) is 35.0 Å². The molecule has 0 saturated carbocycles. The zero-order valence-electron chi connectivity index (χ0n) is 11.3. The van der Waals surface area contributed by atoms with Crippen LogP contribution >= 0.6 is 11.6 Å². The van der Waals surface area contributed by atoms with Gasteiger partial charge in [0, 0.05) is 10.6 Å². The summed E-state index contributed by atoms with van der Waals surface area (Å²) in [7, 11) is -3.71. The summed E-state index contributed by atoms with van der Waals surface area (Å²) >= 11 is 5.89. The van der Waals surface area contributed by atoms with Crippen molar-refractivity contribution in [3.8, 4) is 16.9 Å². The maximum Gasteiger partial charge on any atom is 0.238 e. The van der Waals surface area contributed by atoms with Crippen LogP contribution in [0.2, 0.25) is 5.02 Å². The van der Waals surface area contributed by atoms with Gasteiger partial charge in [-0.05, 0) is 42.5 Å². The van der Waals surface area contributed by atoms with Crippen molar-refractivity contribution in [3.05, 3.63) is 65.8 Å². The third kappa shape index (κ3) is 2.89. The Morgan fingerprint density at radius 2 is 1.68 bits per heavy atom. The lowest BCUT2D eigenvalue weighted by Crippen LogP contribution is -2.12. The van der Waals surface area contributed by atoms with Crippen molar-refractivity contribution >= 4 is 21.6 Å². The van der Waals surface area contributed by atoms with Crippen molar-refractivity contribution in [2.45, 2.75) is 4.90 Å². The fourth-order valence-corrected chi connectivity index (χ4v) is 2.70. The molecule has 0 saturated heterocycles. The van der Waals surface area contributed by atoms with Gasteiger partial charge in [0.25, 0.3) is 0 Å². The minimum Gasteiger partial charge on any atom is -0.232 e. The van der Waals surface area contributed by atoms with Crippen LogP contribution in [-0.4, -0.2) is 18.2 Å². The Hall–Kier alpha value is -2.15. The Balaban J connectivity index is 2.03. The smallest absolute Gasteiger partial charge is 0.232 e. The van der Waals surface area contributed by atoms with Crippen LogP contribution in [0.4, 0.5) is 0 Å². The average Bonchev–Trinajstić information content (AvgIpc) is 2.97. The number of sulfonamides is 1. The van der Waals surface area contributed by atoms with Crippen LogP contribution in [0.1, 0.15) is 0 Å². The Bertz CT molecular complexity index is 901. The number of hydrogen-bond acceptors (Lipinski definition) is 3. The normalized spacial score (nSPS) is 11.5. The fraction of sp³-hybridized carbons (Fsp3) is 0. The Labute approximate surface area is 133 Å². The van der Waals surface area contributed by atoms with Gasteiger partial charge in [-0.3, -0.25) is 0 Å². The molecule has 0 atom stereocenters. The van der Waals surface area contributed by atoms with Crippen LogP contribution in [0, 0.1) is 6.20 Å².